The van der Waals surface area contributed by atoms with Gasteiger partial charge < -0.3 is 5.32 Å². The molecule has 5 nitrogen and oxygen atoms in total. The van der Waals surface area contributed by atoms with Gasteiger partial charge in [0.25, 0.3) is 15.9 Å². The topological polar surface area (TPSA) is 75.3 Å². The molecule has 0 aliphatic carbocycles. The Kier molecular flexibility index (Phi) is 6.79. The summed E-state index contributed by atoms with van der Waals surface area (Å²) in [5.74, 6) is -0.725. The second-order valence-corrected chi connectivity index (χ2v) is 9.19. The molecule has 0 atom stereocenters. The summed E-state index contributed by atoms with van der Waals surface area (Å²) in [7, 11) is -3.86. The minimum atomic E-state index is -3.86. The van der Waals surface area contributed by atoms with Gasteiger partial charge in [0.2, 0.25) is 0 Å². The molecule has 0 radical (unpaired) electrons. The molecule has 0 saturated carbocycles. The number of halogens is 1. The molecule has 0 aromatic heterocycles. The van der Waals surface area contributed by atoms with Crippen LogP contribution >= 0.6 is 11.8 Å². The monoisotopic (exact) mass is 444 g/mol. The van der Waals surface area contributed by atoms with Crippen LogP contribution in [0.25, 0.3) is 0 Å². The number of sulfonamides is 1. The third-order valence-corrected chi connectivity index (χ3v) is 6.57. The molecule has 2 N–H and O–H groups in total. The van der Waals surface area contributed by atoms with E-state index in [4.69, 9.17) is 0 Å². The van der Waals surface area contributed by atoms with E-state index in [0.29, 0.717) is 17.8 Å². The van der Waals surface area contributed by atoms with Crippen molar-refractivity contribution >= 4 is 33.4 Å². The second kappa shape index (κ2) is 9.32. The van der Waals surface area contributed by atoms with Gasteiger partial charge in [0.05, 0.1) is 4.90 Å². The molecule has 0 aliphatic rings. The van der Waals surface area contributed by atoms with Crippen molar-refractivity contribution in [2.75, 3.05) is 11.0 Å². The van der Waals surface area contributed by atoms with Crippen molar-refractivity contribution in [3.8, 4) is 0 Å². The van der Waals surface area contributed by atoms with Crippen molar-refractivity contribution in [3.05, 3.63) is 89.2 Å². The van der Waals surface area contributed by atoms with Gasteiger partial charge in [-0.05, 0) is 78.9 Å². The van der Waals surface area contributed by atoms with Crippen LogP contribution in [0.1, 0.15) is 21.5 Å². The predicted octanol–water partition coefficient (Wildman–Crippen LogP) is 4.59. The van der Waals surface area contributed by atoms with Gasteiger partial charge in [0.1, 0.15) is 5.82 Å². The molecule has 30 heavy (non-hydrogen) atoms. The van der Waals surface area contributed by atoms with E-state index in [2.05, 4.69) is 10.0 Å². The normalized spacial score (nSPS) is 11.2. The fourth-order valence-corrected chi connectivity index (χ4v) is 4.27. The lowest BCUT2D eigenvalue weighted by Crippen LogP contribution is -2.22. The van der Waals surface area contributed by atoms with Crippen LogP contribution in [-0.2, 0) is 16.6 Å². The van der Waals surface area contributed by atoms with E-state index in [0.717, 1.165) is 16.5 Å². The molecular weight excluding hydrogens is 423 g/mol. The number of anilines is 1. The molecule has 3 aromatic carbocycles. The second-order valence-electron chi connectivity index (χ2n) is 6.62. The van der Waals surface area contributed by atoms with Gasteiger partial charge in [0, 0.05) is 22.7 Å². The maximum Gasteiger partial charge on any atom is 0.261 e. The zero-order valence-electron chi connectivity index (χ0n) is 16.5. The third-order valence-electron chi connectivity index (χ3n) is 4.45. The van der Waals surface area contributed by atoms with Crippen molar-refractivity contribution in [2.24, 2.45) is 0 Å². The highest BCUT2D eigenvalue weighted by atomic mass is 32.2. The summed E-state index contributed by atoms with van der Waals surface area (Å²) in [6.07, 6.45) is 2.00. The largest absolute Gasteiger partial charge is 0.348 e. The Bertz CT molecular complexity index is 1150. The minimum Gasteiger partial charge on any atom is -0.348 e. The quantitative estimate of drug-likeness (QED) is 0.523. The number of hydrogen-bond acceptors (Lipinski definition) is 4. The van der Waals surface area contributed by atoms with Gasteiger partial charge >= 0.3 is 0 Å². The smallest absolute Gasteiger partial charge is 0.261 e. The standard InChI is InChI=1S/C22H21FN2O3S2/c1-15-13-20(11-12-21(15)23)30(27,28)25-18-7-5-17(6-8-18)22(26)24-14-16-3-9-19(29-2)10-4-16/h3-13,25H,14H2,1-2H3,(H,24,26). The van der Waals surface area contributed by atoms with Gasteiger partial charge in [0.15, 0.2) is 0 Å². The zero-order valence-corrected chi connectivity index (χ0v) is 18.1. The van der Waals surface area contributed by atoms with Crippen LogP contribution in [0.4, 0.5) is 10.1 Å². The van der Waals surface area contributed by atoms with Crippen LogP contribution in [-0.4, -0.2) is 20.6 Å². The van der Waals surface area contributed by atoms with Crippen molar-refractivity contribution in [2.45, 2.75) is 23.3 Å². The zero-order chi connectivity index (χ0) is 21.7. The molecule has 3 aromatic rings. The number of carbonyl (C=O) groups is 1. The first-order valence-corrected chi connectivity index (χ1v) is 11.8. The van der Waals surface area contributed by atoms with Gasteiger partial charge in [-0.15, -0.1) is 11.8 Å². The molecule has 156 valence electrons. The Balaban J connectivity index is 1.63. The lowest BCUT2D eigenvalue weighted by atomic mass is 10.2. The molecule has 8 heteroatoms. The molecule has 0 heterocycles. The molecule has 0 saturated heterocycles. The molecule has 0 bridgehead atoms. The highest BCUT2D eigenvalue weighted by molar-refractivity contribution is 7.98. The van der Waals surface area contributed by atoms with Gasteiger partial charge in [-0.1, -0.05) is 12.1 Å². The maximum absolute atomic E-state index is 13.4. The average molecular weight is 445 g/mol. The van der Waals surface area contributed by atoms with E-state index < -0.39 is 15.8 Å². The van der Waals surface area contributed by atoms with Crippen molar-refractivity contribution in [3.63, 3.8) is 0 Å². The first-order chi connectivity index (χ1) is 14.3. The van der Waals surface area contributed by atoms with Gasteiger partial charge in [-0.2, -0.15) is 0 Å². The van der Waals surface area contributed by atoms with E-state index in [-0.39, 0.29) is 16.4 Å². The fraction of sp³-hybridized carbons (Fsp3) is 0.136. The number of rotatable bonds is 7. The number of benzene rings is 3. The number of thioether (sulfide) groups is 1. The summed E-state index contributed by atoms with van der Waals surface area (Å²) in [6.45, 7) is 1.89. The summed E-state index contributed by atoms with van der Waals surface area (Å²) in [4.78, 5) is 13.5. The molecule has 3 rings (SSSR count). The molecular formula is C22H21FN2O3S2. The van der Waals surface area contributed by atoms with E-state index in [1.54, 1.807) is 23.9 Å². The van der Waals surface area contributed by atoms with Crippen LogP contribution in [0.3, 0.4) is 0 Å². The first-order valence-electron chi connectivity index (χ1n) is 9.08. The van der Waals surface area contributed by atoms with E-state index in [9.17, 15) is 17.6 Å². The highest BCUT2D eigenvalue weighted by Crippen LogP contribution is 2.19. The number of nitrogens with one attached hydrogen (secondary N) is 2. The lowest BCUT2D eigenvalue weighted by molar-refractivity contribution is 0.0951. The van der Waals surface area contributed by atoms with Gasteiger partial charge in [-0.25, -0.2) is 12.8 Å². The van der Waals surface area contributed by atoms with E-state index in [1.165, 1.54) is 31.2 Å². The molecule has 0 spiro atoms. The molecule has 0 fully saturated rings. The lowest BCUT2D eigenvalue weighted by Gasteiger charge is -2.10. The summed E-state index contributed by atoms with van der Waals surface area (Å²) < 4.78 is 40.8. The van der Waals surface area contributed by atoms with Gasteiger partial charge in [-0.3, -0.25) is 9.52 Å². The average Bonchev–Trinajstić information content (AvgIpc) is 2.74. The van der Waals surface area contributed by atoms with Crippen LogP contribution in [0.2, 0.25) is 0 Å². The number of aryl methyl sites for hydroxylation is 1. The van der Waals surface area contributed by atoms with E-state index in [1.807, 2.05) is 30.5 Å². The Morgan fingerprint density at radius 3 is 2.27 bits per heavy atom. The van der Waals surface area contributed by atoms with Crippen molar-refractivity contribution in [1.29, 1.82) is 0 Å². The summed E-state index contributed by atoms with van der Waals surface area (Å²) in [5, 5.41) is 2.84. The molecule has 0 aliphatic heterocycles. The number of hydrogen-bond donors (Lipinski definition) is 2. The summed E-state index contributed by atoms with van der Waals surface area (Å²) in [5.41, 5.74) is 1.95. The Morgan fingerprint density at radius 1 is 1.00 bits per heavy atom. The fourth-order valence-electron chi connectivity index (χ4n) is 2.72. The van der Waals surface area contributed by atoms with Crippen molar-refractivity contribution < 1.29 is 17.6 Å². The van der Waals surface area contributed by atoms with Crippen LogP contribution in [0.5, 0.6) is 0 Å². The molecule has 0 unspecified atom stereocenters. The van der Waals surface area contributed by atoms with Crippen LogP contribution < -0.4 is 10.0 Å². The predicted molar refractivity (Wildman–Crippen MR) is 118 cm³/mol. The Labute approximate surface area is 179 Å². The van der Waals surface area contributed by atoms with Crippen LogP contribution in [0.15, 0.2) is 76.5 Å². The number of amides is 1. The molecule has 1 amide bonds. The Morgan fingerprint density at radius 2 is 1.67 bits per heavy atom. The van der Waals surface area contributed by atoms with E-state index >= 15 is 0 Å². The Hall–Kier alpha value is -2.84. The first kappa shape index (κ1) is 21.9. The maximum atomic E-state index is 13.4. The highest BCUT2D eigenvalue weighted by Gasteiger charge is 2.16. The number of carbonyl (C=O) groups excluding carboxylic acids is 1. The van der Waals surface area contributed by atoms with Crippen LogP contribution in [0, 0.1) is 12.7 Å². The third kappa shape index (κ3) is 5.40. The SMILES string of the molecule is CSc1ccc(CNC(=O)c2ccc(NS(=O)(=O)c3ccc(F)c(C)c3)cc2)cc1. The van der Waals surface area contributed by atoms with Crippen molar-refractivity contribution in [1.82, 2.24) is 5.32 Å². The summed E-state index contributed by atoms with van der Waals surface area (Å²) in [6, 6.07) is 17.6. The minimum absolute atomic E-state index is 0.0317. The summed E-state index contributed by atoms with van der Waals surface area (Å²) >= 11 is 1.65.